The van der Waals surface area contributed by atoms with E-state index in [1.54, 1.807) is 87.0 Å². The summed E-state index contributed by atoms with van der Waals surface area (Å²) in [7, 11) is -14.6. The zero-order chi connectivity index (χ0) is 99.7. The van der Waals surface area contributed by atoms with Gasteiger partial charge >= 0.3 is 20.2 Å². The molecule has 0 radical (unpaired) electrons. The summed E-state index contributed by atoms with van der Waals surface area (Å²) < 4.78 is 161. The highest BCUT2D eigenvalue weighted by molar-refractivity contribution is 7.92. The summed E-state index contributed by atoms with van der Waals surface area (Å²) in [5.74, 6) is 3.78. The molecule has 0 unspecified atom stereocenters. The first kappa shape index (κ1) is 112. The van der Waals surface area contributed by atoms with Crippen molar-refractivity contribution in [3.63, 3.8) is 0 Å². The fraction of sp³-hybridized carbons (Fsp3) is 0.426. The van der Waals surface area contributed by atoms with Crippen LogP contribution in [-0.2, 0) is 77.8 Å². The second-order valence-electron chi connectivity index (χ2n) is 36.6. The fourth-order valence-electron chi connectivity index (χ4n) is 15.4. The van der Waals surface area contributed by atoms with Crippen LogP contribution in [0.1, 0.15) is 295 Å². The molecule has 742 valence electrons. The molecule has 0 spiro atoms. The Hall–Kier alpha value is -10.1. The molecule has 0 bridgehead atoms. The standard InChI is InChI=1S/C60H76N2O12S3.C39H40O4S.2C8H18/c1-11-15-39-61(40-16-12-2)73-76(65,66)57-43-53(35-37-55(57)71-51-31-23-47(24-32-51)59(5,6)45-19-27-49(69-9)28-20-45)75(63,64)54-36-38-56(58(44-54)77(67,68)74-62(41-17-13-3)42-18-14-4)72-52-33-25-48(26-34-52)60(7,8)46-21-29-50(70-10)30-22-46;1-5-6-7-30-10-12-31(13-11-30)28-42-34-18-14-32(15-19-34)39(3,4)33-16-20-35(21-17-33)43-36-22-26-38(27-23-36)44(40,41)37-24-8-29(2)9-25-37;2*1-3-5-7-8-6-4-2/h19-38,43-44H,11-18,39-42H2,1-10H3;8-27H,5-7,28H2,1-4H3;2*3-8H2,1-2H3. The number of unbranched alkanes of at least 4 members (excludes halogenated alkanes) is 15. The fourth-order valence-corrected chi connectivity index (χ4v) is 20.4. The highest BCUT2D eigenvalue weighted by Crippen LogP contribution is 2.43. The third-order valence-electron chi connectivity index (χ3n) is 24.7. The molecule has 18 nitrogen and oxygen atoms in total. The summed E-state index contributed by atoms with van der Waals surface area (Å²) in [5.41, 5.74) is 8.81. The largest absolute Gasteiger partial charge is 0.497 e. The Morgan fingerprint density at radius 1 is 0.263 bits per heavy atom. The number of rotatable bonds is 52. The van der Waals surface area contributed by atoms with E-state index in [4.69, 9.17) is 37.0 Å². The molecule has 0 heterocycles. The Bertz CT molecular complexity index is 5630. The summed E-state index contributed by atoms with van der Waals surface area (Å²) in [6, 6.07) is 75.4. The Kier molecular flexibility index (Phi) is 45.5. The van der Waals surface area contributed by atoms with Crippen LogP contribution in [0.25, 0.3) is 0 Å². The second kappa shape index (κ2) is 55.6. The van der Waals surface area contributed by atoms with E-state index in [-0.39, 0.29) is 38.2 Å². The van der Waals surface area contributed by atoms with E-state index >= 15 is 0 Å². The molecule has 0 aliphatic carbocycles. The van der Waals surface area contributed by atoms with Crippen LogP contribution in [0.15, 0.2) is 284 Å². The van der Waals surface area contributed by atoms with Gasteiger partial charge in [-0.25, -0.2) is 16.8 Å². The van der Waals surface area contributed by atoms with Crippen molar-refractivity contribution in [2.24, 2.45) is 0 Å². The number of nitrogens with zero attached hydrogens (tertiary/aromatic N) is 2. The van der Waals surface area contributed by atoms with Gasteiger partial charge in [-0.05, 0) is 236 Å². The summed E-state index contributed by atoms with van der Waals surface area (Å²) in [5, 5.41) is 2.75. The number of hydrogen-bond donors (Lipinski definition) is 0. The van der Waals surface area contributed by atoms with Crippen LogP contribution < -0.4 is 28.4 Å². The van der Waals surface area contributed by atoms with Gasteiger partial charge in [0.1, 0.15) is 68.1 Å². The number of ether oxygens (including phenoxy) is 6. The normalized spacial score (nSPS) is 11.9. The van der Waals surface area contributed by atoms with Gasteiger partial charge in [-0.15, -0.1) is 0 Å². The molecule has 22 heteroatoms. The third-order valence-corrected chi connectivity index (χ3v) is 30.8. The highest BCUT2D eigenvalue weighted by atomic mass is 32.2. The van der Waals surface area contributed by atoms with E-state index in [0.29, 0.717) is 70.0 Å². The summed E-state index contributed by atoms with van der Waals surface area (Å²) >= 11 is 0. The Balaban J connectivity index is 0.000000319. The Morgan fingerprint density at radius 2 is 0.518 bits per heavy atom. The number of hydrogen-bond acceptors (Lipinski definition) is 18. The number of methoxy groups -OCH3 is 2. The molecule has 0 saturated heterocycles. The lowest BCUT2D eigenvalue weighted by atomic mass is 9.78. The minimum atomic E-state index is -4.76. The van der Waals surface area contributed by atoms with Crippen LogP contribution >= 0.6 is 0 Å². The van der Waals surface area contributed by atoms with Gasteiger partial charge in [0, 0.05) is 42.4 Å². The van der Waals surface area contributed by atoms with Gasteiger partial charge in [-0.1, -0.05) is 328 Å². The Morgan fingerprint density at radius 3 is 0.818 bits per heavy atom. The number of benzene rings is 11. The van der Waals surface area contributed by atoms with E-state index in [1.807, 2.05) is 132 Å². The first-order valence-electron chi connectivity index (χ1n) is 49.4. The molecule has 0 atom stereocenters. The first-order chi connectivity index (χ1) is 65.6. The predicted molar refractivity (Wildman–Crippen MR) is 557 cm³/mol. The van der Waals surface area contributed by atoms with Gasteiger partial charge < -0.3 is 28.4 Å². The summed E-state index contributed by atoms with van der Waals surface area (Å²) in [4.78, 5) is -1.50. The molecule has 137 heavy (non-hydrogen) atoms. The molecule has 0 N–H and O–H groups in total. The first-order valence-corrected chi connectivity index (χ1v) is 55.2. The molecular formula is C115H152N2O16S4. The van der Waals surface area contributed by atoms with Crippen LogP contribution in [-0.4, -0.2) is 84.2 Å². The van der Waals surface area contributed by atoms with Gasteiger partial charge in [0.2, 0.25) is 19.7 Å². The van der Waals surface area contributed by atoms with Crippen LogP contribution in [0.4, 0.5) is 0 Å². The van der Waals surface area contributed by atoms with Crippen molar-refractivity contribution in [1.29, 1.82) is 0 Å². The van der Waals surface area contributed by atoms with Crippen LogP contribution in [0.3, 0.4) is 0 Å². The predicted octanol–water partition coefficient (Wildman–Crippen LogP) is 30.4. The number of sulfone groups is 2. The lowest BCUT2D eigenvalue weighted by Gasteiger charge is -2.26. The van der Waals surface area contributed by atoms with Crippen molar-refractivity contribution < 1.29 is 70.7 Å². The minimum absolute atomic E-state index is 0.185. The van der Waals surface area contributed by atoms with Crippen LogP contribution in [0.2, 0.25) is 0 Å². The Labute approximate surface area is 822 Å². The summed E-state index contributed by atoms with van der Waals surface area (Å²) in [6.07, 6.45) is 26.2. The van der Waals surface area contributed by atoms with Crippen molar-refractivity contribution in [3.8, 4) is 51.7 Å². The molecule has 0 aliphatic heterocycles. The van der Waals surface area contributed by atoms with Crippen molar-refractivity contribution in [1.82, 2.24) is 10.1 Å². The monoisotopic (exact) mass is 1950 g/mol. The lowest BCUT2D eigenvalue weighted by Crippen LogP contribution is -2.30. The van der Waals surface area contributed by atoms with Crippen LogP contribution in [0.5, 0.6) is 51.7 Å². The zero-order valence-electron chi connectivity index (χ0n) is 84.6. The van der Waals surface area contributed by atoms with E-state index in [2.05, 4.69) is 125 Å². The second-order valence-corrected chi connectivity index (χ2v) is 43.5. The maximum absolute atomic E-state index is 14.9. The van der Waals surface area contributed by atoms with E-state index in [1.165, 1.54) is 141 Å². The molecule has 0 fully saturated rings. The molecule has 0 amide bonds. The van der Waals surface area contributed by atoms with Crippen molar-refractivity contribution in [2.75, 3.05) is 40.4 Å². The van der Waals surface area contributed by atoms with Crippen molar-refractivity contribution in [2.45, 2.75) is 311 Å². The van der Waals surface area contributed by atoms with Crippen molar-refractivity contribution in [3.05, 3.63) is 305 Å². The molecule has 11 aromatic rings. The SMILES string of the molecule is CCCCCCCC.CCCCCCCC.CCCCN(CCCC)OS(=O)(=O)c1cc(S(=O)(=O)c2ccc(Oc3ccc(C(C)(C)c4ccc(OC)cc4)cc3)c(S(=O)(=O)ON(CCCC)CCCC)c2)ccc1Oc1ccc(C(C)(C)c2ccc(OC)cc2)cc1.CCCCc1ccc(COc2ccc(C(C)(C)c3ccc(Oc4ccc(S(=O)(=O)c5ccc(C)cc5)cc4)cc3)cc2)cc1. The minimum Gasteiger partial charge on any atom is -0.497 e. The number of aryl methyl sites for hydroxylation is 2. The van der Waals surface area contributed by atoms with E-state index < -0.39 is 70.3 Å². The maximum atomic E-state index is 14.9. The van der Waals surface area contributed by atoms with Gasteiger partial charge in [-0.3, -0.25) is 0 Å². The van der Waals surface area contributed by atoms with E-state index in [0.717, 1.165) is 94.9 Å². The average molecular weight is 1950 g/mol. The quantitative estimate of drug-likeness (QED) is 0.0256. The van der Waals surface area contributed by atoms with E-state index in [9.17, 15) is 33.7 Å². The van der Waals surface area contributed by atoms with Gasteiger partial charge in [0.15, 0.2) is 0 Å². The average Bonchev–Trinajstić information content (AvgIpc) is 0.754. The summed E-state index contributed by atoms with van der Waals surface area (Å²) in [6.45, 7) is 35.6. The third kappa shape index (κ3) is 33.8. The molecular weight excluding hydrogens is 1790 g/mol. The topological polar surface area (TPSA) is 217 Å². The molecule has 11 aromatic carbocycles. The zero-order valence-corrected chi connectivity index (χ0v) is 87.9. The smallest absolute Gasteiger partial charge is 0.316 e. The maximum Gasteiger partial charge on any atom is 0.316 e. The molecule has 0 aliphatic rings. The van der Waals surface area contributed by atoms with Gasteiger partial charge in [-0.2, -0.15) is 35.5 Å². The van der Waals surface area contributed by atoms with Gasteiger partial charge in [0.05, 0.1) is 33.8 Å². The van der Waals surface area contributed by atoms with Gasteiger partial charge in [0.25, 0.3) is 0 Å². The number of hydroxylamine groups is 4. The molecule has 11 rings (SSSR count). The molecule has 0 saturated carbocycles. The van der Waals surface area contributed by atoms with Crippen molar-refractivity contribution >= 4 is 39.9 Å². The van der Waals surface area contributed by atoms with Crippen LogP contribution in [0, 0.1) is 6.92 Å². The molecule has 0 aromatic heterocycles. The highest BCUT2D eigenvalue weighted by Gasteiger charge is 2.34. The lowest BCUT2D eigenvalue weighted by molar-refractivity contribution is -0.0535.